The van der Waals surface area contributed by atoms with Gasteiger partial charge in [0.2, 0.25) is 5.79 Å². The van der Waals surface area contributed by atoms with E-state index in [4.69, 9.17) is 23.8 Å². The van der Waals surface area contributed by atoms with Crippen molar-refractivity contribution in [3.8, 4) is 0 Å². The molecule has 1 unspecified atom stereocenters. The molecule has 1 fully saturated rings. The number of halogens is 1. The lowest BCUT2D eigenvalue weighted by Gasteiger charge is -2.43. The lowest BCUT2D eigenvalue weighted by molar-refractivity contribution is -0.299. The largest absolute Gasteiger partial charge is 0.348 e. The van der Waals surface area contributed by atoms with Crippen LogP contribution in [0.25, 0.3) is 0 Å². The first-order valence-electron chi connectivity index (χ1n) is 8.63. The van der Waals surface area contributed by atoms with E-state index >= 15 is 0 Å². The van der Waals surface area contributed by atoms with Gasteiger partial charge in [-0.2, -0.15) is 5.06 Å². The fraction of sp³-hybridized carbons (Fsp3) is 0.579. The van der Waals surface area contributed by atoms with Gasteiger partial charge in [0.15, 0.2) is 5.79 Å². The second-order valence-electron chi connectivity index (χ2n) is 6.80. The molecule has 1 aromatic carbocycles. The van der Waals surface area contributed by atoms with E-state index in [2.05, 4.69) is 28.1 Å². The van der Waals surface area contributed by atoms with E-state index in [1.54, 1.807) is 14.2 Å². The highest BCUT2D eigenvalue weighted by atomic mass is 79.9. The third-order valence-corrected chi connectivity index (χ3v) is 5.58. The summed E-state index contributed by atoms with van der Waals surface area (Å²) >= 11 is 3.62. The summed E-state index contributed by atoms with van der Waals surface area (Å²) in [5.41, 5.74) is 1.12. The number of nitrogens with zero attached hydrogens (tertiary/aromatic N) is 1. The van der Waals surface area contributed by atoms with Crippen molar-refractivity contribution < 1.29 is 23.8 Å². The second-order valence-corrected chi connectivity index (χ2v) is 7.65. The molecule has 3 rings (SSSR count). The summed E-state index contributed by atoms with van der Waals surface area (Å²) in [6.45, 7) is 5.18. The van der Waals surface area contributed by atoms with Crippen LogP contribution >= 0.6 is 15.9 Å². The molecule has 2 heterocycles. The molecule has 0 bridgehead atoms. The lowest BCUT2D eigenvalue weighted by atomic mass is 9.99. The smallest absolute Gasteiger partial charge is 0.221 e. The molecule has 2 aliphatic rings. The number of rotatable bonds is 5. The van der Waals surface area contributed by atoms with Gasteiger partial charge in [0.05, 0.1) is 17.7 Å². The molecule has 7 heteroatoms. The van der Waals surface area contributed by atoms with Crippen LogP contribution in [0.3, 0.4) is 0 Å². The third-order valence-electron chi connectivity index (χ3n) is 4.71. The molecule has 0 saturated carbocycles. The van der Waals surface area contributed by atoms with Gasteiger partial charge in [0.1, 0.15) is 12.1 Å². The van der Waals surface area contributed by atoms with Gasteiger partial charge >= 0.3 is 0 Å². The number of hydroxylamine groups is 2. The third kappa shape index (κ3) is 3.89. The van der Waals surface area contributed by atoms with Crippen LogP contribution in [0.1, 0.15) is 19.4 Å². The highest BCUT2D eigenvalue weighted by molar-refractivity contribution is 9.11. The van der Waals surface area contributed by atoms with Gasteiger partial charge in [-0.15, -0.1) is 0 Å². The number of ether oxygens (including phenoxy) is 4. The maximum Gasteiger partial charge on any atom is 0.221 e. The SMILES string of the molecule is COC1(OC)C(Br)=CCON(Cc2ccccc2)C1[C@H]1COC(C)(C)O1. The van der Waals surface area contributed by atoms with Crippen molar-refractivity contribution >= 4 is 15.9 Å². The van der Waals surface area contributed by atoms with E-state index in [0.717, 1.165) is 10.0 Å². The minimum Gasteiger partial charge on any atom is -0.348 e. The van der Waals surface area contributed by atoms with Crippen LogP contribution in [0.4, 0.5) is 0 Å². The monoisotopic (exact) mass is 427 g/mol. The summed E-state index contributed by atoms with van der Waals surface area (Å²) in [4.78, 5) is 6.06. The standard InChI is InChI=1S/C19H26BrNO5/c1-18(2)24-13-15(26-18)17-19(22-3,23-4)16(20)10-11-25-21(17)12-14-8-6-5-7-9-14/h5-10,15,17H,11-13H2,1-4H3/t15-,17?/m1/s1. The van der Waals surface area contributed by atoms with Crippen LogP contribution in [0.2, 0.25) is 0 Å². The Balaban J connectivity index is 1.98. The minimum absolute atomic E-state index is 0.298. The van der Waals surface area contributed by atoms with Crippen molar-refractivity contribution in [1.82, 2.24) is 5.06 Å². The molecule has 0 amide bonds. The molecule has 26 heavy (non-hydrogen) atoms. The first kappa shape index (κ1) is 19.9. The van der Waals surface area contributed by atoms with Crippen LogP contribution in [0, 0.1) is 0 Å². The Labute approximate surface area is 163 Å². The zero-order valence-corrected chi connectivity index (χ0v) is 17.2. The Morgan fingerprint density at radius 3 is 2.46 bits per heavy atom. The minimum atomic E-state index is -1.07. The summed E-state index contributed by atoms with van der Waals surface area (Å²) < 4.78 is 24.5. The van der Waals surface area contributed by atoms with Crippen LogP contribution in [-0.2, 0) is 30.3 Å². The Morgan fingerprint density at radius 2 is 1.88 bits per heavy atom. The fourth-order valence-electron chi connectivity index (χ4n) is 3.49. The van der Waals surface area contributed by atoms with E-state index < -0.39 is 11.6 Å². The molecule has 0 radical (unpaired) electrons. The zero-order chi connectivity index (χ0) is 18.8. The Bertz CT molecular complexity index is 632. The Kier molecular flexibility index (Phi) is 6.18. The maximum absolute atomic E-state index is 6.17. The molecule has 1 saturated heterocycles. The van der Waals surface area contributed by atoms with Crippen molar-refractivity contribution in [1.29, 1.82) is 0 Å². The summed E-state index contributed by atoms with van der Waals surface area (Å²) in [6.07, 6.45) is 1.61. The number of methoxy groups -OCH3 is 2. The van der Waals surface area contributed by atoms with E-state index in [-0.39, 0.29) is 12.1 Å². The Morgan fingerprint density at radius 1 is 1.19 bits per heavy atom. The van der Waals surface area contributed by atoms with Gasteiger partial charge in [0.25, 0.3) is 0 Å². The van der Waals surface area contributed by atoms with Gasteiger partial charge < -0.3 is 18.9 Å². The molecule has 0 aromatic heterocycles. The van der Waals surface area contributed by atoms with Crippen molar-refractivity contribution in [3.05, 3.63) is 46.5 Å². The van der Waals surface area contributed by atoms with E-state index in [9.17, 15) is 0 Å². The number of hydrogen-bond donors (Lipinski definition) is 0. The van der Waals surface area contributed by atoms with Crippen LogP contribution in [0.5, 0.6) is 0 Å². The van der Waals surface area contributed by atoms with E-state index in [1.165, 1.54) is 0 Å². The van der Waals surface area contributed by atoms with Crippen molar-refractivity contribution in [2.75, 3.05) is 27.4 Å². The molecule has 0 N–H and O–H groups in total. The molecule has 6 nitrogen and oxygen atoms in total. The van der Waals surface area contributed by atoms with Crippen LogP contribution in [-0.4, -0.2) is 56.2 Å². The van der Waals surface area contributed by atoms with Crippen molar-refractivity contribution in [2.45, 2.75) is 44.1 Å². The van der Waals surface area contributed by atoms with Crippen molar-refractivity contribution in [3.63, 3.8) is 0 Å². The van der Waals surface area contributed by atoms with E-state index in [0.29, 0.717) is 19.8 Å². The Hall–Kier alpha value is -0.800. The number of hydrogen-bond acceptors (Lipinski definition) is 6. The maximum atomic E-state index is 6.17. The van der Waals surface area contributed by atoms with Gasteiger partial charge in [0, 0.05) is 20.8 Å². The first-order chi connectivity index (χ1) is 12.4. The first-order valence-corrected chi connectivity index (χ1v) is 9.43. The molecule has 0 spiro atoms. The van der Waals surface area contributed by atoms with Gasteiger partial charge in [-0.25, -0.2) is 0 Å². The molecule has 2 atom stereocenters. The molecule has 1 aromatic rings. The highest BCUT2D eigenvalue weighted by Gasteiger charge is 2.55. The van der Waals surface area contributed by atoms with Crippen LogP contribution in [0.15, 0.2) is 40.9 Å². The van der Waals surface area contributed by atoms with Gasteiger partial charge in [-0.3, -0.25) is 4.84 Å². The fourth-order valence-corrected chi connectivity index (χ4v) is 4.18. The quantitative estimate of drug-likeness (QED) is 0.672. The average Bonchev–Trinajstić information content (AvgIpc) is 2.92. The van der Waals surface area contributed by atoms with E-state index in [1.807, 2.05) is 43.2 Å². The van der Waals surface area contributed by atoms with Crippen molar-refractivity contribution in [2.24, 2.45) is 0 Å². The molecule has 2 aliphatic heterocycles. The molecular weight excluding hydrogens is 402 g/mol. The molecular formula is C19H26BrNO5. The summed E-state index contributed by atoms with van der Waals surface area (Å²) in [7, 11) is 3.25. The average molecular weight is 428 g/mol. The topological polar surface area (TPSA) is 49.4 Å². The zero-order valence-electron chi connectivity index (χ0n) is 15.6. The lowest BCUT2D eigenvalue weighted by Crippen LogP contribution is -2.60. The molecule has 0 aliphatic carbocycles. The van der Waals surface area contributed by atoms with Gasteiger partial charge in [-0.05, 0) is 41.4 Å². The predicted octanol–water partition coefficient (Wildman–Crippen LogP) is 3.22. The van der Waals surface area contributed by atoms with Gasteiger partial charge in [-0.1, -0.05) is 30.3 Å². The summed E-state index contributed by atoms with van der Waals surface area (Å²) in [6, 6.07) is 9.75. The number of benzene rings is 1. The second kappa shape index (κ2) is 8.06. The summed E-state index contributed by atoms with van der Waals surface area (Å²) in [5.74, 6) is -1.74. The molecule has 144 valence electrons. The highest BCUT2D eigenvalue weighted by Crippen LogP contribution is 2.41. The van der Waals surface area contributed by atoms with Crippen LogP contribution < -0.4 is 0 Å². The predicted molar refractivity (Wildman–Crippen MR) is 100 cm³/mol. The normalized spacial score (nSPS) is 28.6. The summed E-state index contributed by atoms with van der Waals surface area (Å²) in [5, 5.41) is 1.88.